The fraction of sp³-hybridized carbons (Fsp3) is 0.333. The molecule has 0 fully saturated rings. The van der Waals surface area contributed by atoms with Gasteiger partial charge in [-0.1, -0.05) is 0 Å². The summed E-state index contributed by atoms with van der Waals surface area (Å²) in [7, 11) is 0. The molecule has 0 amide bonds. The summed E-state index contributed by atoms with van der Waals surface area (Å²) in [6, 6.07) is 0. The number of rotatable bonds is 4. The summed E-state index contributed by atoms with van der Waals surface area (Å²) in [5, 5.41) is 10.4. The summed E-state index contributed by atoms with van der Waals surface area (Å²) in [5.41, 5.74) is 1.40. The Morgan fingerprint density at radius 2 is 2.27 bits per heavy atom. The monoisotopic (exact) mass is 226 g/mol. The van der Waals surface area contributed by atoms with Gasteiger partial charge in [0.25, 0.3) is 0 Å². The van der Waals surface area contributed by atoms with Crippen molar-refractivity contribution in [3.8, 4) is 0 Å². The number of aliphatic carboxylic acids is 1. The minimum atomic E-state index is -0.787. The van der Waals surface area contributed by atoms with Gasteiger partial charge < -0.3 is 15.1 Å². The lowest BCUT2D eigenvalue weighted by atomic mass is 10.2. The van der Waals surface area contributed by atoms with Gasteiger partial charge in [-0.3, -0.25) is 4.79 Å². The largest absolute Gasteiger partial charge is 0.481 e. The Labute approximate surface area is 88.8 Å². The summed E-state index contributed by atoms with van der Waals surface area (Å²) in [6.45, 7) is 0. The highest BCUT2D eigenvalue weighted by Crippen LogP contribution is 2.22. The van der Waals surface area contributed by atoms with Crippen LogP contribution in [0.3, 0.4) is 0 Å². The first-order valence-corrected chi connectivity index (χ1v) is 5.45. The van der Waals surface area contributed by atoms with Gasteiger partial charge in [0.15, 0.2) is 0 Å². The first-order chi connectivity index (χ1) is 7.16. The quantitative estimate of drug-likeness (QED) is 0.735. The van der Waals surface area contributed by atoms with Crippen LogP contribution in [0.4, 0.5) is 0 Å². The second-order valence-electron chi connectivity index (χ2n) is 3.27. The molecule has 0 radical (unpaired) electrons. The summed E-state index contributed by atoms with van der Waals surface area (Å²) >= 11 is 1.54. The van der Waals surface area contributed by atoms with E-state index < -0.39 is 5.97 Å². The van der Waals surface area contributed by atoms with Crippen molar-refractivity contribution >= 4 is 28.3 Å². The maximum absolute atomic E-state index is 11.0. The molecule has 0 bridgehead atoms. The standard InChI is InChI=1S/C9H10N2O3S/c12-7(13)3-1-2-6-8-5(4-15-6)10-9(14)11-8/h4H,1-3H2,(H,12,13)(H2,10,11,14). The van der Waals surface area contributed by atoms with Crippen molar-refractivity contribution < 1.29 is 9.90 Å². The molecule has 0 saturated heterocycles. The van der Waals surface area contributed by atoms with E-state index >= 15 is 0 Å². The average Bonchev–Trinajstić information content (AvgIpc) is 2.65. The van der Waals surface area contributed by atoms with Crippen molar-refractivity contribution in [3.05, 3.63) is 20.7 Å². The fourth-order valence-electron chi connectivity index (χ4n) is 1.48. The van der Waals surface area contributed by atoms with Crippen molar-refractivity contribution in [2.75, 3.05) is 0 Å². The number of carboxylic acids is 1. The first kappa shape index (κ1) is 9.97. The highest BCUT2D eigenvalue weighted by Gasteiger charge is 2.07. The Morgan fingerprint density at radius 3 is 3.00 bits per heavy atom. The number of aromatic amines is 2. The van der Waals surface area contributed by atoms with Crippen molar-refractivity contribution in [1.82, 2.24) is 9.97 Å². The second kappa shape index (κ2) is 3.90. The van der Waals surface area contributed by atoms with Gasteiger partial charge in [0.2, 0.25) is 0 Å². The Kier molecular flexibility index (Phi) is 2.59. The predicted molar refractivity (Wildman–Crippen MR) is 57.4 cm³/mol. The Morgan fingerprint density at radius 1 is 1.47 bits per heavy atom. The number of carbonyl (C=O) groups is 1. The van der Waals surface area contributed by atoms with Gasteiger partial charge in [0.05, 0.1) is 11.0 Å². The van der Waals surface area contributed by atoms with Gasteiger partial charge >= 0.3 is 11.7 Å². The molecular weight excluding hydrogens is 216 g/mol. The molecule has 2 aromatic rings. The number of thiophene rings is 1. The van der Waals surface area contributed by atoms with Crippen LogP contribution in [-0.4, -0.2) is 21.0 Å². The van der Waals surface area contributed by atoms with Crippen LogP contribution >= 0.6 is 11.3 Å². The van der Waals surface area contributed by atoms with Crippen LogP contribution in [0.2, 0.25) is 0 Å². The van der Waals surface area contributed by atoms with Gasteiger partial charge in [-0.25, -0.2) is 4.79 Å². The number of nitrogens with one attached hydrogen (secondary N) is 2. The Balaban J connectivity index is 2.13. The molecule has 3 N–H and O–H groups in total. The first-order valence-electron chi connectivity index (χ1n) is 4.57. The molecule has 0 aromatic carbocycles. The van der Waals surface area contributed by atoms with Crippen molar-refractivity contribution in [3.63, 3.8) is 0 Å². The lowest BCUT2D eigenvalue weighted by Crippen LogP contribution is -2.00. The number of hydrogen-bond acceptors (Lipinski definition) is 3. The number of fused-ring (bicyclic) bond motifs is 1. The molecule has 0 saturated carbocycles. The number of carboxylic acid groups (broad SMARTS) is 1. The van der Waals surface area contributed by atoms with Gasteiger partial charge in [-0.15, -0.1) is 11.3 Å². The molecule has 6 heteroatoms. The van der Waals surface area contributed by atoms with E-state index in [4.69, 9.17) is 5.11 Å². The molecule has 2 aromatic heterocycles. The molecular formula is C9H10N2O3S. The van der Waals surface area contributed by atoms with E-state index in [9.17, 15) is 9.59 Å². The third-order valence-electron chi connectivity index (χ3n) is 2.15. The molecule has 0 aliphatic rings. The molecule has 80 valence electrons. The zero-order valence-corrected chi connectivity index (χ0v) is 8.69. The maximum Gasteiger partial charge on any atom is 0.323 e. The predicted octanol–water partition coefficient (Wildman–Crippen LogP) is 1.32. The minimum Gasteiger partial charge on any atom is -0.481 e. The Bertz CT molecular complexity index is 537. The molecule has 0 unspecified atom stereocenters. The normalized spacial score (nSPS) is 10.9. The summed E-state index contributed by atoms with van der Waals surface area (Å²) in [6.07, 6.45) is 1.44. The topological polar surface area (TPSA) is 85.9 Å². The van der Waals surface area contributed by atoms with Crippen LogP contribution in [-0.2, 0) is 11.2 Å². The number of H-pyrrole nitrogens is 2. The summed E-state index contributed by atoms with van der Waals surface area (Å²) in [4.78, 5) is 27.7. The lowest BCUT2D eigenvalue weighted by molar-refractivity contribution is -0.137. The van der Waals surface area contributed by atoms with E-state index in [1.54, 1.807) is 0 Å². The fourth-order valence-corrected chi connectivity index (χ4v) is 2.46. The van der Waals surface area contributed by atoms with Crippen LogP contribution in [0.5, 0.6) is 0 Å². The van der Waals surface area contributed by atoms with Crippen LogP contribution in [0, 0.1) is 0 Å². The van der Waals surface area contributed by atoms with E-state index in [-0.39, 0.29) is 12.1 Å². The van der Waals surface area contributed by atoms with Crippen molar-refractivity contribution in [2.24, 2.45) is 0 Å². The van der Waals surface area contributed by atoms with Gasteiger partial charge in [0, 0.05) is 16.7 Å². The van der Waals surface area contributed by atoms with E-state index in [1.807, 2.05) is 5.38 Å². The minimum absolute atomic E-state index is 0.161. The average molecular weight is 226 g/mol. The van der Waals surface area contributed by atoms with Crippen LogP contribution < -0.4 is 5.69 Å². The maximum atomic E-state index is 11.0. The van der Waals surface area contributed by atoms with Gasteiger partial charge in [-0.2, -0.15) is 0 Å². The molecule has 2 heterocycles. The third kappa shape index (κ3) is 2.10. The van der Waals surface area contributed by atoms with E-state index in [0.717, 1.165) is 15.9 Å². The molecule has 0 atom stereocenters. The van der Waals surface area contributed by atoms with Crippen LogP contribution in [0.1, 0.15) is 17.7 Å². The van der Waals surface area contributed by atoms with Crippen molar-refractivity contribution in [1.29, 1.82) is 0 Å². The second-order valence-corrected chi connectivity index (χ2v) is 4.24. The van der Waals surface area contributed by atoms with Crippen LogP contribution in [0.15, 0.2) is 10.2 Å². The molecule has 15 heavy (non-hydrogen) atoms. The number of aromatic nitrogens is 2. The van der Waals surface area contributed by atoms with E-state index in [0.29, 0.717) is 12.8 Å². The van der Waals surface area contributed by atoms with E-state index in [1.165, 1.54) is 11.3 Å². The van der Waals surface area contributed by atoms with Gasteiger partial charge in [0.1, 0.15) is 0 Å². The molecule has 0 aliphatic heterocycles. The van der Waals surface area contributed by atoms with Crippen molar-refractivity contribution in [2.45, 2.75) is 19.3 Å². The highest BCUT2D eigenvalue weighted by atomic mass is 32.1. The third-order valence-corrected chi connectivity index (χ3v) is 3.19. The molecule has 5 nitrogen and oxygen atoms in total. The zero-order valence-electron chi connectivity index (χ0n) is 7.87. The smallest absolute Gasteiger partial charge is 0.323 e. The van der Waals surface area contributed by atoms with E-state index in [2.05, 4.69) is 9.97 Å². The van der Waals surface area contributed by atoms with Crippen LogP contribution in [0.25, 0.3) is 11.0 Å². The summed E-state index contributed by atoms with van der Waals surface area (Å²) < 4.78 is 0. The molecule has 0 spiro atoms. The lowest BCUT2D eigenvalue weighted by Gasteiger charge is -1.94. The number of aryl methyl sites for hydroxylation is 1. The summed E-state index contributed by atoms with van der Waals surface area (Å²) in [5.74, 6) is -0.787. The molecule has 2 rings (SSSR count). The van der Waals surface area contributed by atoms with Gasteiger partial charge in [-0.05, 0) is 12.8 Å². The SMILES string of the molecule is O=C(O)CCCc1scc2[nH]c(=O)[nH]c12. The number of imidazole rings is 1. The molecule has 0 aliphatic carbocycles. The highest BCUT2D eigenvalue weighted by molar-refractivity contribution is 7.11. The Hall–Kier alpha value is -1.56. The number of hydrogen-bond donors (Lipinski definition) is 3. The zero-order chi connectivity index (χ0) is 10.8.